The van der Waals surface area contributed by atoms with Gasteiger partial charge in [-0.1, -0.05) is 15.9 Å². The number of amides is 1. The quantitative estimate of drug-likeness (QED) is 0.847. The number of carboxylic acids is 1. The van der Waals surface area contributed by atoms with Gasteiger partial charge in [0.05, 0.1) is 5.56 Å². The van der Waals surface area contributed by atoms with E-state index in [1.54, 1.807) is 17.0 Å². The summed E-state index contributed by atoms with van der Waals surface area (Å²) in [7, 11) is 0. The highest BCUT2D eigenvalue weighted by molar-refractivity contribution is 9.10. The molecular formula is C16H21BrN2O4. The summed E-state index contributed by atoms with van der Waals surface area (Å²) in [5.74, 6) is -0.958. The van der Waals surface area contributed by atoms with Crippen molar-refractivity contribution in [1.29, 1.82) is 0 Å². The largest absolute Gasteiger partial charge is 0.478 e. The summed E-state index contributed by atoms with van der Waals surface area (Å²) in [5, 5.41) is 9.15. The van der Waals surface area contributed by atoms with Crippen molar-refractivity contribution in [3.63, 3.8) is 0 Å². The number of piperazine rings is 1. The van der Waals surface area contributed by atoms with Crippen LogP contribution >= 0.6 is 15.9 Å². The fraction of sp³-hybridized carbons (Fsp3) is 0.500. The zero-order chi connectivity index (χ0) is 17.2. The molecule has 2 rings (SSSR count). The summed E-state index contributed by atoms with van der Waals surface area (Å²) in [6.45, 7) is 7.89. The van der Waals surface area contributed by atoms with Gasteiger partial charge in [-0.25, -0.2) is 9.59 Å². The standard InChI is InChI=1S/C16H21BrN2O4/c1-16(2,3)23-15(22)19-6-4-18(5-7-19)13-9-11(14(20)21)8-12(17)10-13/h8-10H,4-7H2,1-3H3,(H,20,21). The second-order valence-corrected chi connectivity index (χ2v) is 7.37. The fourth-order valence-electron chi connectivity index (χ4n) is 2.35. The summed E-state index contributed by atoms with van der Waals surface area (Å²) in [4.78, 5) is 27.0. The highest BCUT2D eigenvalue weighted by Crippen LogP contribution is 2.24. The van der Waals surface area contributed by atoms with Crippen molar-refractivity contribution in [3.8, 4) is 0 Å². The number of hydrogen-bond donors (Lipinski definition) is 1. The lowest BCUT2D eigenvalue weighted by Crippen LogP contribution is -2.50. The molecule has 126 valence electrons. The Bertz CT molecular complexity index is 605. The van der Waals surface area contributed by atoms with E-state index in [0.29, 0.717) is 26.2 Å². The number of aromatic carboxylic acids is 1. The SMILES string of the molecule is CC(C)(C)OC(=O)N1CCN(c2cc(Br)cc(C(=O)O)c2)CC1. The van der Waals surface area contributed by atoms with Crippen LogP contribution in [0.2, 0.25) is 0 Å². The molecule has 1 heterocycles. The minimum atomic E-state index is -0.958. The Morgan fingerprint density at radius 1 is 1.13 bits per heavy atom. The maximum Gasteiger partial charge on any atom is 0.410 e. The van der Waals surface area contributed by atoms with Crippen LogP contribution in [0.4, 0.5) is 10.5 Å². The minimum Gasteiger partial charge on any atom is -0.478 e. The highest BCUT2D eigenvalue weighted by Gasteiger charge is 2.26. The van der Waals surface area contributed by atoms with Gasteiger partial charge in [0.1, 0.15) is 5.60 Å². The lowest BCUT2D eigenvalue weighted by atomic mass is 10.1. The van der Waals surface area contributed by atoms with Gasteiger partial charge in [-0.3, -0.25) is 0 Å². The van der Waals surface area contributed by atoms with Crippen LogP contribution in [0.1, 0.15) is 31.1 Å². The molecule has 0 radical (unpaired) electrons. The number of carbonyl (C=O) groups excluding carboxylic acids is 1. The Morgan fingerprint density at radius 3 is 2.26 bits per heavy atom. The molecule has 0 saturated carbocycles. The number of rotatable bonds is 2. The predicted molar refractivity (Wildman–Crippen MR) is 91.1 cm³/mol. The number of carbonyl (C=O) groups is 2. The van der Waals surface area contributed by atoms with Crippen LogP contribution in [0, 0.1) is 0 Å². The first-order chi connectivity index (χ1) is 10.7. The van der Waals surface area contributed by atoms with Crippen molar-refractivity contribution in [2.45, 2.75) is 26.4 Å². The lowest BCUT2D eigenvalue weighted by molar-refractivity contribution is 0.0240. The predicted octanol–water partition coefficient (Wildman–Crippen LogP) is 3.20. The molecule has 7 heteroatoms. The molecule has 0 bridgehead atoms. The number of anilines is 1. The van der Waals surface area contributed by atoms with E-state index in [1.165, 1.54) is 0 Å². The lowest BCUT2D eigenvalue weighted by Gasteiger charge is -2.36. The Balaban J connectivity index is 2.02. The second-order valence-electron chi connectivity index (χ2n) is 6.46. The minimum absolute atomic E-state index is 0.240. The third-order valence-corrected chi connectivity index (χ3v) is 3.88. The first-order valence-corrected chi connectivity index (χ1v) is 8.22. The molecule has 0 aromatic heterocycles. The Morgan fingerprint density at radius 2 is 1.74 bits per heavy atom. The van der Waals surface area contributed by atoms with Crippen molar-refractivity contribution in [2.24, 2.45) is 0 Å². The molecule has 1 amide bonds. The smallest absolute Gasteiger partial charge is 0.410 e. The van der Waals surface area contributed by atoms with Crippen LogP contribution in [0.3, 0.4) is 0 Å². The molecule has 1 N–H and O–H groups in total. The molecule has 1 saturated heterocycles. The maximum atomic E-state index is 12.1. The molecule has 1 aliphatic heterocycles. The summed E-state index contributed by atoms with van der Waals surface area (Å²) in [6, 6.07) is 5.11. The first-order valence-electron chi connectivity index (χ1n) is 7.42. The first kappa shape index (κ1) is 17.6. The molecule has 1 aromatic rings. The summed E-state index contributed by atoms with van der Waals surface area (Å²) < 4.78 is 6.10. The molecule has 0 spiro atoms. The average molecular weight is 385 g/mol. The van der Waals surface area contributed by atoms with Crippen molar-refractivity contribution < 1.29 is 19.4 Å². The van der Waals surface area contributed by atoms with Gasteiger partial charge in [0.2, 0.25) is 0 Å². The van der Waals surface area contributed by atoms with Crippen molar-refractivity contribution >= 4 is 33.7 Å². The van der Waals surface area contributed by atoms with Gasteiger partial charge in [-0.05, 0) is 39.0 Å². The number of hydrogen-bond acceptors (Lipinski definition) is 4. The number of carboxylic acid groups (broad SMARTS) is 1. The second kappa shape index (κ2) is 6.78. The zero-order valence-corrected chi connectivity index (χ0v) is 15.1. The fourth-order valence-corrected chi connectivity index (χ4v) is 2.84. The van der Waals surface area contributed by atoms with Gasteiger partial charge < -0.3 is 19.6 Å². The number of ether oxygens (including phenoxy) is 1. The maximum absolute atomic E-state index is 12.1. The van der Waals surface area contributed by atoms with E-state index in [9.17, 15) is 9.59 Å². The van der Waals surface area contributed by atoms with Crippen LogP contribution in [0.5, 0.6) is 0 Å². The van der Waals surface area contributed by atoms with Crippen LogP contribution < -0.4 is 4.90 Å². The molecule has 0 aliphatic carbocycles. The van der Waals surface area contributed by atoms with Gasteiger partial charge in [-0.15, -0.1) is 0 Å². The van der Waals surface area contributed by atoms with E-state index < -0.39 is 11.6 Å². The average Bonchev–Trinajstić information content (AvgIpc) is 2.45. The zero-order valence-electron chi connectivity index (χ0n) is 13.5. The van der Waals surface area contributed by atoms with Gasteiger partial charge in [-0.2, -0.15) is 0 Å². The summed E-state index contributed by atoms with van der Waals surface area (Å²) in [6.07, 6.45) is -0.308. The number of halogens is 1. The van der Waals surface area contributed by atoms with Crippen LogP contribution in [0.15, 0.2) is 22.7 Å². The highest BCUT2D eigenvalue weighted by atomic mass is 79.9. The monoisotopic (exact) mass is 384 g/mol. The summed E-state index contributed by atoms with van der Waals surface area (Å²) >= 11 is 3.34. The molecule has 0 atom stereocenters. The molecule has 6 nitrogen and oxygen atoms in total. The van der Waals surface area contributed by atoms with E-state index in [1.807, 2.05) is 26.8 Å². The Hall–Kier alpha value is -1.76. The number of nitrogens with zero attached hydrogens (tertiary/aromatic N) is 2. The molecule has 0 unspecified atom stereocenters. The van der Waals surface area contributed by atoms with E-state index >= 15 is 0 Å². The van der Waals surface area contributed by atoms with Crippen molar-refractivity contribution in [3.05, 3.63) is 28.2 Å². The molecule has 1 aromatic carbocycles. The number of benzene rings is 1. The molecule has 1 aliphatic rings. The summed E-state index contributed by atoms with van der Waals surface area (Å²) in [5.41, 5.74) is 0.569. The molecule has 1 fully saturated rings. The van der Waals surface area contributed by atoms with Crippen LogP contribution in [-0.2, 0) is 4.74 Å². The van der Waals surface area contributed by atoms with Crippen molar-refractivity contribution in [2.75, 3.05) is 31.1 Å². The van der Waals surface area contributed by atoms with Crippen LogP contribution in [-0.4, -0.2) is 53.8 Å². The molecular weight excluding hydrogens is 364 g/mol. The van der Waals surface area contributed by atoms with E-state index in [0.717, 1.165) is 10.2 Å². The van der Waals surface area contributed by atoms with Crippen LogP contribution in [0.25, 0.3) is 0 Å². The Kier molecular flexibility index (Phi) is 5.19. The van der Waals surface area contributed by atoms with E-state index in [2.05, 4.69) is 20.8 Å². The van der Waals surface area contributed by atoms with Gasteiger partial charge >= 0.3 is 12.1 Å². The topological polar surface area (TPSA) is 70.1 Å². The third kappa shape index (κ3) is 4.86. The van der Waals surface area contributed by atoms with E-state index in [-0.39, 0.29) is 11.7 Å². The van der Waals surface area contributed by atoms with E-state index in [4.69, 9.17) is 9.84 Å². The van der Waals surface area contributed by atoms with Gasteiger partial charge in [0, 0.05) is 36.3 Å². The van der Waals surface area contributed by atoms with Gasteiger partial charge in [0.15, 0.2) is 0 Å². The van der Waals surface area contributed by atoms with Gasteiger partial charge in [0.25, 0.3) is 0 Å². The molecule has 23 heavy (non-hydrogen) atoms. The normalized spacial score (nSPS) is 15.5. The van der Waals surface area contributed by atoms with Crippen molar-refractivity contribution in [1.82, 2.24) is 4.90 Å². The Labute approximate surface area is 144 Å². The third-order valence-electron chi connectivity index (χ3n) is 3.43.